The zero-order valence-corrected chi connectivity index (χ0v) is 12.1. The number of rotatable bonds is 3. The number of hydrogen-bond acceptors (Lipinski definition) is 3. The Bertz CT molecular complexity index is 284. The lowest BCUT2D eigenvalue weighted by molar-refractivity contribution is 0.224. The lowest BCUT2D eigenvalue weighted by Crippen LogP contribution is -2.39. The Morgan fingerprint density at radius 1 is 1.47 bits per heavy atom. The molecule has 0 saturated carbocycles. The molecule has 0 aromatic rings. The third kappa shape index (κ3) is 3.62. The number of likely N-dealkylation sites (tertiary alicyclic amines) is 1. The van der Waals surface area contributed by atoms with Crippen LogP contribution in [0.1, 0.15) is 33.1 Å². The number of piperidine rings is 1. The van der Waals surface area contributed by atoms with Crippen molar-refractivity contribution < 1.29 is 0 Å². The van der Waals surface area contributed by atoms with Crippen LogP contribution in [0.25, 0.3) is 0 Å². The van der Waals surface area contributed by atoms with E-state index >= 15 is 0 Å². The van der Waals surface area contributed by atoms with Gasteiger partial charge in [0.1, 0.15) is 0 Å². The Kier molecular flexibility index (Phi) is 4.36. The Hall–Kier alpha value is -0.220. The lowest BCUT2D eigenvalue weighted by atomic mass is 9.97. The van der Waals surface area contributed by atoms with Crippen molar-refractivity contribution in [2.45, 2.75) is 38.6 Å². The van der Waals surface area contributed by atoms with Crippen LogP contribution in [0.5, 0.6) is 0 Å². The highest BCUT2D eigenvalue weighted by Gasteiger charge is 2.30. The first-order valence-corrected chi connectivity index (χ1v) is 7.74. The highest BCUT2D eigenvalue weighted by atomic mass is 32.2. The molecule has 0 aromatic carbocycles. The summed E-state index contributed by atoms with van der Waals surface area (Å²) >= 11 is 1.89. The van der Waals surface area contributed by atoms with Gasteiger partial charge in [-0.05, 0) is 52.2 Å². The van der Waals surface area contributed by atoms with Crippen LogP contribution in [0.3, 0.4) is 0 Å². The van der Waals surface area contributed by atoms with Gasteiger partial charge < -0.3 is 10.2 Å². The molecule has 0 radical (unpaired) electrons. The summed E-state index contributed by atoms with van der Waals surface area (Å²) in [7, 11) is 2.21. The summed E-state index contributed by atoms with van der Waals surface area (Å²) in [5.41, 5.74) is 0.274. The Labute approximate surface area is 109 Å². The van der Waals surface area contributed by atoms with Crippen molar-refractivity contribution in [2.75, 3.05) is 32.4 Å². The zero-order valence-electron chi connectivity index (χ0n) is 11.3. The predicted molar refractivity (Wildman–Crippen MR) is 76.8 cm³/mol. The summed E-state index contributed by atoms with van der Waals surface area (Å²) in [5.74, 6) is 1.96. The van der Waals surface area contributed by atoms with Gasteiger partial charge >= 0.3 is 0 Å². The molecular formula is C13H25N3S. The fourth-order valence-corrected chi connectivity index (χ4v) is 3.51. The third-order valence-electron chi connectivity index (χ3n) is 4.05. The van der Waals surface area contributed by atoms with Crippen LogP contribution in [0.4, 0.5) is 0 Å². The van der Waals surface area contributed by atoms with Gasteiger partial charge in [0.15, 0.2) is 5.17 Å². The second-order valence-electron chi connectivity index (χ2n) is 5.72. The van der Waals surface area contributed by atoms with Gasteiger partial charge in [0, 0.05) is 17.8 Å². The summed E-state index contributed by atoms with van der Waals surface area (Å²) in [4.78, 5) is 7.18. The molecule has 98 valence electrons. The molecular weight excluding hydrogens is 230 g/mol. The summed E-state index contributed by atoms with van der Waals surface area (Å²) in [5, 5.41) is 4.74. The van der Waals surface area contributed by atoms with E-state index in [4.69, 9.17) is 4.99 Å². The van der Waals surface area contributed by atoms with Crippen molar-refractivity contribution in [3.63, 3.8) is 0 Å². The third-order valence-corrected chi connectivity index (χ3v) is 5.33. The number of nitrogens with one attached hydrogen (secondary N) is 1. The van der Waals surface area contributed by atoms with Crippen LogP contribution in [0.2, 0.25) is 0 Å². The minimum atomic E-state index is 0.274. The molecule has 2 rings (SSSR count). The molecule has 17 heavy (non-hydrogen) atoms. The fraction of sp³-hybridized carbons (Fsp3) is 0.923. The quantitative estimate of drug-likeness (QED) is 0.838. The van der Waals surface area contributed by atoms with Gasteiger partial charge in [-0.15, -0.1) is 0 Å². The average Bonchev–Trinajstić information content (AvgIpc) is 2.72. The lowest BCUT2D eigenvalue weighted by Gasteiger charge is -2.28. The Balaban J connectivity index is 1.78. The molecule has 2 fully saturated rings. The molecule has 4 heteroatoms. The largest absolute Gasteiger partial charge is 0.359 e. The van der Waals surface area contributed by atoms with Crippen molar-refractivity contribution in [2.24, 2.45) is 10.9 Å². The minimum Gasteiger partial charge on any atom is -0.359 e. The van der Waals surface area contributed by atoms with Gasteiger partial charge in [-0.25, -0.2) is 0 Å². The van der Waals surface area contributed by atoms with E-state index in [0.29, 0.717) is 0 Å². The van der Waals surface area contributed by atoms with E-state index in [1.807, 2.05) is 11.8 Å². The molecule has 0 aromatic heterocycles. The van der Waals surface area contributed by atoms with Gasteiger partial charge in [-0.1, -0.05) is 18.7 Å². The average molecular weight is 255 g/mol. The van der Waals surface area contributed by atoms with Crippen molar-refractivity contribution in [3.8, 4) is 0 Å². The normalized spacial score (nSPS) is 34.2. The second kappa shape index (κ2) is 5.61. The first-order chi connectivity index (χ1) is 8.11. The van der Waals surface area contributed by atoms with Gasteiger partial charge in [-0.2, -0.15) is 0 Å². The van der Waals surface area contributed by atoms with E-state index in [2.05, 4.69) is 31.1 Å². The molecule has 2 aliphatic rings. The van der Waals surface area contributed by atoms with Crippen LogP contribution < -0.4 is 5.32 Å². The van der Waals surface area contributed by atoms with Gasteiger partial charge in [0.2, 0.25) is 0 Å². The summed E-state index contributed by atoms with van der Waals surface area (Å²) in [6.07, 6.45) is 3.79. The van der Waals surface area contributed by atoms with E-state index in [-0.39, 0.29) is 5.54 Å². The number of hydrogen-bond donors (Lipinski definition) is 1. The van der Waals surface area contributed by atoms with Crippen molar-refractivity contribution in [3.05, 3.63) is 0 Å². The summed E-state index contributed by atoms with van der Waals surface area (Å²) < 4.78 is 0. The molecule has 0 aliphatic carbocycles. The molecule has 0 amide bonds. The Morgan fingerprint density at radius 2 is 2.18 bits per heavy atom. The molecule has 3 nitrogen and oxygen atoms in total. The van der Waals surface area contributed by atoms with E-state index in [1.54, 1.807) is 0 Å². The highest BCUT2D eigenvalue weighted by Crippen LogP contribution is 2.26. The smallest absolute Gasteiger partial charge is 0.157 e. The number of nitrogens with zero attached hydrogens (tertiary/aromatic N) is 2. The first kappa shape index (κ1) is 13.2. The molecule has 2 aliphatic heterocycles. The molecule has 0 bridgehead atoms. The maximum atomic E-state index is 4.77. The van der Waals surface area contributed by atoms with Crippen LogP contribution >= 0.6 is 11.8 Å². The van der Waals surface area contributed by atoms with Crippen molar-refractivity contribution in [1.29, 1.82) is 0 Å². The standard InChI is InChI=1S/C13H25N3S/c1-4-13(2)10-17-12(15-13)14-9-11-5-7-16(3)8-6-11/h11H,4-10H2,1-3H3,(H,14,15). The Morgan fingerprint density at radius 3 is 2.76 bits per heavy atom. The second-order valence-corrected chi connectivity index (χ2v) is 6.68. The molecule has 1 N–H and O–H groups in total. The van der Waals surface area contributed by atoms with Crippen LogP contribution in [0, 0.1) is 5.92 Å². The number of thioether (sulfide) groups is 1. The van der Waals surface area contributed by atoms with Crippen molar-refractivity contribution in [1.82, 2.24) is 10.2 Å². The number of aliphatic imine (C=N–C) groups is 1. The van der Waals surface area contributed by atoms with Crippen LogP contribution in [-0.4, -0.2) is 48.0 Å². The fourth-order valence-electron chi connectivity index (χ4n) is 2.29. The zero-order chi connectivity index (χ0) is 12.3. The minimum absolute atomic E-state index is 0.274. The molecule has 0 spiro atoms. The topological polar surface area (TPSA) is 27.6 Å². The highest BCUT2D eigenvalue weighted by molar-refractivity contribution is 8.14. The van der Waals surface area contributed by atoms with E-state index in [0.717, 1.165) is 18.2 Å². The monoisotopic (exact) mass is 255 g/mol. The molecule has 2 heterocycles. The molecule has 1 unspecified atom stereocenters. The van der Waals surface area contributed by atoms with E-state index in [1.165, 1.54) is 37.5 Å². The maximum Gasteiger partial charge on any atom is 0.157 e. The maximum absolute atomic E-state index is 4.77. The van der Waals surface area contributed by atoms with Crippen LogP contribution in [-0.2, 0) is 0 Å². The van der Waals surface area contributed by atoms with Crippen molar-refractivity contribution >= 4 is 16.9 Å². The van der Waals surface area contributed by atoms with Crippen LogP contribution in [0.15, 0.2) is 4.99 Å². The van der Waals surface area contributed by atoms with Gasteiger partial charge in [0.25, 0.3) is 0 Å². The summed E-state index contributed by atoms with van der Waals surface area (Å²) in [6.45, 7) is 8.03. The number of amidine groups is 1. The van der Waals surface area contributed by atoms with E-state index in [9.17, 15) is 0 Å². The molecule has 2 saturated heterocycles. The SMILES string of the molecule is CCC1(C)CSC(=NCC2CCN(C)CC2)N1. The molecule has 1 atom stereocenters. The van der Waals surface area contributed by atoms with Gasteiger partial charge in [0.05, 0.1) is 0 Å². The first-order valence-electron chi connectivity index (χ1n) is 6.75. The predicted octanol–water partition coefficient (Wildman–Crippen LogP) is 2.19. The van der Waals surface area contributed by atoms with Gasteiger partial charge in [-0.3, -0.25) is 4.99 Å². The van der Waals surface area contributed by atoms with E-state index < -0.39 is 0 Å². The summed E-state index contributed by atoms with van der Waals surface area (Å²) in [6, 6.07) is 0.